The predicted molar refractivity (Wildman–Crippen MR) is 60.9 cm³/mol. The van der Waals surface area contributed by atoms with E-state index in [-0.39, 0.29) is 0 Å². The summed E-state index contributed by atoms with van der Waals surface area (Å²) in [5.74, 6) is 1.21. The molecule has 0 aliphatic heterocycles. The van der Waals surface area contributed by atoms with E-state index in [1.807, 2.05) is 19.1 Å². The normalized spacial score (nSPS) is 9.81. The number of aromatic nitrogens is 1. The van der Waals surface area contributed by atoms with Crippen molar-refractivity contribution in [2.75, 3.05) is 0 Å². The summed E-state index contributed by atoms with van der Waals surface area (Å²) in [7, 11) is 0. The van der Waals surface area contributed by atoms with Crippen LogP contribution in [0.25, 0.3) is 0 Å². The highest BCUT2D eigenvalue weighted by molar-refractivity contribution is 5.74. The van der Waals surface area contributed by atoms with Gasteiger partial charge < -0.3 is 4.74 Å². The molecule has 0 saturated carbocycles. The maximum absolute atomic E-state index is 10.5. The average Bonchev–Trinajstić information content (AvgIpc) is 2.33. The average molecular weight is 213 g/mol. The van der Waals surface area contributed by atoms with E-state index in [9.17, 15) is 4.79 Å². The monoisotopic (exact) mass is 213 g/mol. The number of nitrogens with zero attached hydrogens (tertiary/aromatic N) is 1. The van der Waals surface area contributed by atoms with Crippen molar-refractivity contribution in [2.45, 2.75) is 6.92 Å². The Morgan fingerprint density at radius 3 is 2.44 bits per heavy atom. The zero-order valence-electron chi connectivity index (χ0n) is 8.88. The first kappa shape index (κ1) is 10.4. The minimum atomic E-state index is 0.546. The van der Waals surface area contributed by atoms with Crippen LogP contribution in [0.3, 0.4) is 0 Å². The van der Waals surface area contributed by atoms with Gasteiger partial charge in [-0.25, -0.2) is 4.98 Å². The summed E-state index contributed by atoms with van der Waals surface area (Å²) in [5.41, 5.74) is 1.72. The molecule has 80 valence electrons. The first-order chi connectivity index (χ1) is 7.78. The topological polar surface area (TPSA) is 39.2 Å². The van der Waals surface area contributed by atoms with Crippen molar-refractivity contribution in [3.63, 3.8) is 0 Å². The number of ether oxygens (including phenoxy) is 1. The summed E-state index contributed by atoms with van der Waals surface area (Å²) in [6.07, 6.45) is 2.54. The summed E-state index contributed by atoms with van der Waals surface area (Å²) in [4.78, 5) is 14.6. The summed E-state index contributed by atoms with van der Waals surface area (Å²) in [5, 5.41) is 0. The minimum Gasteiger partial charge on any atom is -0.439 e. The molecule has 0 bridgehead atoms. The Kier molecular flexibility index (Phi) is 2.96. The number of hydrogen-bond donors (Lipinski definition) is 0. The third-order valence-electron chi connectivity index (χ3n) is 2.12. The van der Waals surface area contributed by atoms with Crippen LogP contribution >= 0.6 is 0 Å². The van der Waals surface area contributed by atoms with Gasteiger partial charge in [0.25, 0.3) is 0 Å². The Morgan fingerprint density at radius 1 is 1.12 bits per heavy atom. The van der Waals surface area contributed by atoms with E-state index >= 15 is 0 Å². The molecule has 0 atom stereocenters. The molecule has 1 heterocycles. The quantitative estimate of drug-likeness (QED) is 0.736. The molecular formula is C13H11NO2. The van der Waals surface area contributed by atoms with Gasteiger partial charge in [-0.05, 0) is 36.8 Å². The Balaban J connectivity index is 2.14. The second kappa shape index (κ2) is 4.57. The fraction of sp³-hybridized carbons (Fsp3) is 0.0769. The Bertz CT molecular complexity index is 474. The molecule has 16 heavy (non-hydrogen) atoms. The Labute approximate surface area is 93.7 Å². The van der Waals surface area contributed by atoms with Crippen LogP contribution in [0, 0.1) is 6.92 Å². The third-order valence-corrected chi connectivity index (χ3v) is 2.12. The first-order valence-corrected chi connectivity index (χ1v) is 4.94. The Morgan fingerprint density at radius 2 is 1.88 bits per heavy atom. The molecule has 0 radical (unpaired) electrons. The van der Waals surface area contributed by atoms with Crippen LogP contribution in [0.4, 0.5) is 0 Å². The number of carbonyl (C=O) groups is 1. The lowest BCUT2D eigenvalue weighted by Gasteiger charge is -2.04. The van der Waals surface area contributed by atoms with Crippen molar-refractivity contribution in [3.05, 3.63) is 53.7 Å². The molecule has 0 N–H and O–H groups in total. The van der Waals surface area contributed by atoms with Gasteiger partial charge in [-0.1, -0.05) is 6.07 Å². The minimum absolute atomic E-state index is 0.546. The number of hydrogen-bond acceptors (Lipinski definition) is 3. The summed E-state index contributed by atoms with van der Waals surface area (Å²) in [6.45, 7) is 1.97. The lowest BCUT2D eigenvalue weighted by atomic mass is 10.2. The molecule has 1 aromatic heterocycles. The van der Waals surface area contributed by atoms with E-state index in [0.29, 0.717) is 17.2 Å². The van der Waals surface area contributed by atoms with E-state index in [1.54, 1.807) is 30.5 Å². The van der Waals surface area contributed by atoms with Gasteiger partial charge in [0.15, 0.2) is 0 Å². The van der Waals surface area contributed by atoms with Crippen LogP contribution in [0.1, 0.15) is 15.9 Å². The SMILES string of the molecule is Cc1ccc(Oc2ccc(C=O)cc2)nc1. The highest BCUT2D eigenvalue weighted by Crippen LogP contribution is 2.19. The van der Waals surface area contributed by atoms with Crippen LogP contribution in [0.5, 0.6) is 11.6 Å². The van der Waals surface area contributed by atoms with Crippen molar-refractivity contribution in [3.8, 4) is 11.6 Å². The molecular weight excluding hydrogens is 202 g/mol. The Hall–Kier alpha value is -2.16. The van der Waals surface area contributed by atoms with E-state index in [1.165, 1.54) is 0 Å². The van der Waals surface area contributed by atoms with Gasteiger partial charge in [-0.3, -0.25) is 4.79 Å². The summed E-state index contributed by atoms with van der Waals surface area (Å²) < 4.78 is 5.51. The van der Waals surface area contributed by atoms with Crippen LogP contribution < -0.4 is 4.74 Å². The second-order valence-corrected chi connectivity index (χ2v) is 3.46. The number of benzene rings is 1. The van der Waals surface area contributed by atoms with Crippen molar-refractivity contribution in [2.24, 2.45) is 0 Å². The van der Waals surface area contributed by atoms with E-state index in [2.05, 4.69) is 4.98 Å². The molecule has 0 aliphatic rings. The van der Waals surface area contributed by atoms with Gasteiger partial charge in [-0.15, -0.1) is 0 Å². The van der Waals surface area contributed by atoms with Crippen LogP contribution in [0.2, 0.25) is 0 Å². The third kappa shape index (κ3) is 2.45. The maximum atomic E-state index is 10.5. The molecule has 3 heteroatoms. The smallest absolute Gasteiger partial charge is 0.219 e. The van der Waals surface area contributed by atoms with E-state index in [0.717, 1.165) is 11.8 Å². The summed E-state index contributed by atoms with van der Waals surface area (Å²) >= 11 is 0. The molecule has 0 amide bonds. The number of aldehydes is 1. The van der Waals surface area contributed by atoms with Crippen LogP contribution in [0.15, 0.2) is 42.6 Å². The molecule has 0 unspecified atom stereocenters. The van der Waals surface area contributed by atoms with E-state index < -0.39 is 0 Å². The zero-order valence-corrected chi connectivity index (χ0v) is 8.88. The van der Waals surface area contributed by atoms with Gasteiger partial charge in [0.05, 0.1) is 0 Å². The van der Waals surface area contributed by atoms with Crippen molar-refractivity contribution >= 4 is 6.29 Å². The number of rotatable bonds is 3. The fourth-order valence-electron chi connectivity index (χ4n) is 1.25. The first-order valence-electron chi connectivity index (χ1n) is 4.94. The molecule has 0 spiro atoms. The molecule has 2 rings (SSSR count). The molecule has 0 aliphatic carbocycles. The van der Waals surface area contributed by atoms with Gasteiger partial charge >= 0.3 is 0 Å². The molecule has 2 aromatic rings. The number of pyridine rings is 1. The van der Waals surface area contributed by atoms with Crippen molar-refractivity contribution in [1.29, 1.82) is 0 Å². The largest absolute Gasteiger partial charge is 0.439 e. The van der Waals surface area contributed by atoms with Crippen LogP contribution in [-0.2, 0) is 0 Å². The van der Waals surface area contributed by atoms with Gasteiger partial charge in [0.1, 0.15) is 12.0 Å². The lowest BCUT2D eigenvalue weighted by molar-refractivity contribution is 0.112. The standard InChI is InChI=1S/C13H11NO2/c1-10-2-7-13(14-8-10)16-12-5-3-11(9-15)4-6-12/h2-9H,1H3. The summed E-state index contributed by atoms with van der Waals surface area (Å²) in [6, 6.07) is 10.6. The fourth-order valence-corrected chi connectivity index (χ4v) is 1.25. The van der Waals surface area contributed by atoms with Gasteiger partial charge in [0.2, 0.25) is 5.88 Å². The molecule has 1 aromatic carbocycles. The van der Waals surface area contributed by atoms with Crippen molar-refractivity contribution in [1.82, 2.24) is 4.98 Å². The maximum Gasteiger partial charge on any atom is 0.219 e. The molecule has 3 nitrogen and oxygen atoms in total. The number of carbonyl (C=O) groups excluding carboxylic acids is 1. The van der Waals surface area contributed by atoms with Gasteiger partial charge in [0, 0.05) is 17.8 Å². The lowest BCUT2D eigenvalue weighted by Crippen LogP contribution is -1.88. The highest BCUT2D eigenvalue weighted by Gasteiger charge is 1.98. The molecule has 0 fully saturated rings. The van der Waals surface area contributed by atoms with E-state index in [4.69, 9.17) is 4.74 Å². The van der Waals surface area contributed by atoms with Gasteiger partial charge in [-0.2, -0.15) is 0 Å². The number of aryl methyl sites for hydroxylation is 1. The second-order valence-electron chi connectivity index (χ2n) is 3.46. The zero-order chi connectivity index (χ0) is 11.4. The predicted octanol–water partition coefficient (Wildman–Crippen LogP) is 2.99. The van der Waals surface area contributed by atoms with Crippen molar-refractivity contribution < 1.29 is 9.53 Å². The molecule has 0 saturated heterocycles. The van der Waals surface area contributed by atoms with Crippen LogP contribution in [-0.4, -0.2) is 11.3 Å². The highest BCUT2D eigenvalue weighted by atomic mass is 16.5.